The number of halogens is 1. The Bertz CT molecular complexity index is 687. The molecular weight excluding hydrogens is 307 g/mol. The van der Waals surface area contributed by atoms with Gasteiger partial charge in [0, 0.05) is 11.8 Å². The quantitative estimate of drug-likeness (QED) is 0.856. The number of carboxylic acid groups (broad SMARTS) is 1. The van der Waals surface area contributed by atoms with Crippen LogP contribution >= 0.6 is 11.3 Å². The third kappa shape index (κ3) is 3.88. The second kappa shape index (κ2) is 7.13. The van der Waals surface area contributed by atoms with Crippen molar-refractivity contribution in [3.05, 3.63) is 51.7 Å². The van der Waals surface area contributed by atoms with E-state index in [-0.39, 0.29) is 17.9 Å². The molecule has 0 spiro atoms. The topological polar surface area (TPSA) is 79.3 Å². The van der Waals surface area contributed by atoms with Gasteiger partial charge >= 0.3 is 5.97 Å². The molecule has 1 amide bonds. The van der Waals surface area contributed by atoms with Crippen molar-refractivity contribution < 1.29 is 19.1 Å². The van der Waals surface area contributed by atoms with Crippen LogP contribution in [0.5, 0.6) is 0 Å². The smallest absolute Gasteiger partial charge is 0.326 e. The molecule has 1 heterocycles. The Kier molecular flexibility index (Phi) is 5.21. The number of nitrogens with zero attached hydrogens (tertiary/aromatic N) is 1. The number of aromatic nitrogens is 1. The van der Waals surface area contributed by atoms with Crippen LogP contribution in [0, 0.1) is 5.82 Å². The van der Waals surface area contributed by atoms with E-state index < -0.39 is 17.9 Å². The van der Waals surface area contributed by atoms with Gasteiger partial charge < -0.3 is 10.4 Å². The van der Waals surface area contributed by atoms with Gasteiger partial charge in [0.25, 0.3) is 5.91 Å². The summed E-state index contributed by atoms with van der Waals surface area (Å²) < 4.78 is 13.6. The maximum absolute atomic E-state index is 13.6. The molecule has 2 N–H and O–H groups in total. The van der Waals surface area contributed by atoms with Gasteiger partial charge in [-0.25, -0.2) is 14.2 Å². The van der Waals surface area contributed by atoms with Crippen molar-refractivity contribution in [3.8, 4) is 0 Å². The van der Waals surface area contributed by atoms with Crippen molar-refractivity contribution in [3.63, 3.8) is 0 Å². The summed E-state index contributed by atoms with van der Waals surface area (Å²) in [5.74, 6) is -1.94. The summed E-state index contributed by atoms with van der Waals surface area (Å²) in [5, 5.41) is 13.5. The zero-order chi connectivity index (χ0) is 16.1. The first-order chi connectivity index (χ1) is 10.5. The van der Waals surface area contributed by atoms with E-state index in [1.807, 2.05) is 0 Å². The summed E-state index contributed by atoms with van der Waals surface area (Å²) in [4.78, 5) is 27.0. The van der Waals surface area contributed by atoms with Crippen molar-refractivity contribution in [1.29, 1.82) is 0 Å². The van der Waals surface area contributed by atoms with E-state index in [4.69, 9.17) is 5.11 Å². The van der Waals surface area contributed by atoms with Gasteiger partial charge in [-0.15, -0.1) is 11.3 Å². The van der Waals surface area contributed by atoms with Crippen LogP contribution in [0.1, 0.15) is 34.4 Å². The highest BCUT2D eigenvalue weighted by atomic mass is 32.1. The minimum atomic E-state index is -1.09. The third-order valence-electron chi connectivity index (χ3n) is 3.10. The van der Waals surface area contributed by atoms with Crippen molar-refractivity contribution in [2.45, 2.75) is 25.8 Å². The van der Waals surface area contributed by atoms with Crippen LogP contribution in [0.15, 0.2) is 29.6 Å². The molecule has 22 heavy (non-hydrogen) atoms. The van der Waals surface area contributed by atoms with Crippen molar-refractivity contribution in [2.24, 2.45) is 0 Å². The minimum absolute atomic E-state index is 0.149. The zero-order valence-corrected chi connectivity index (χ0v) is 12.7. The van der Waals surface area contributed by atoms with E-state index in [9.17, 15) is 14.0 Å². The SMILES string of the molecule is CCC(NC(=O)c1csc(Cc2ccccc2F)n1)C(=O)O. The molecule has 7 heteroatoms. The predicted molar refractivity (Wildman–Crippen MR) is 80.5 cm³/mol. The molecule has 1 unspecified atom stereocenters. The predicted octanol–water partition coefficient (Wildman–Crippen LogP) is 2.47. The minimum Gasteiger partial charge on any atom is -0.480 e. The molecule has 0 aliphatic carbocycles. The molecule has 5 nitrogen and oxygen atoms in total. The molecule has 0 bridgehead atoms. The summed E-state index contributed by atoms with van der Waals surface area (Å²) in [5.41, 5.74) is 0.650. The van der Waals surface area contributed by atoms with Gasteiger partial charge in [0.1, 0.15) is 17.6 Å². The summed E-state index contributed by atoms with van der Waals surface area (Å²) in [7, 11) is 0. The average molecular weight is 322 g/mol. The van der Waals surface area contributed by atoms with E-state index in [2.05, 4.69) is 10.3 Å². The Hall–Kier alpha value is -2.28. The number of benzene rings is 1. The second-order valence-corrected chi connectivity index (χ2v) is 5.61. The van der Waals surface area contributed by atoms with Crippen LogP contribution in [-0.4, -0.2) is 28.0 Å². The maximum Gasteiger partial charge on any atom is 0.326 e. The second-order valence-electron chi connectivity index (χ2n) is 4.67. The lowest BCUT2D eigenvalue weighted by molar-refractivity contribution is -0.139. The lowest BCUT2D eigenvalue weighted by atomic mass is 10.1. The van der Waals surface area contributed by atoms with E-state index in [1.54, 1.807) is 30.5 Å². The van der Waals surface area contributed by atoms with Gasteiger partial charge in [-0.05, 0) is 18.1 Å². The van der Waals surface area contributed by atoms with Crippen molar-refractivity contribution >= 4 is 23.2 Å². The van der Waals surface area contributed by atoms with Crippen LogP contribution in [0.4, 0.5) is 4.39 Å². The van der Waals surface area contributed by atoms with Gasteiger partial charge in [0.05, 0.1) is 5.01 Å². The number of carbonyl (C=O) groups is 2. The highest BCUT2D eigenvalue weighted by Gasteiger charge is 2.20. The fourth-order valence-electron chi connectivity index (χ4n) is 1.87. The first-order valence-electron chi connectivity index (χ1n) is 6.72. The molecular formula is C15H15FN2O3S. The summed E-state index contributed by atoms with van der Waals surface area (Å²) in [6, 6.07) is 5.43. The zero-order valence-electron chi connectivity index (χ0n) is 11.9. The molecule has 0 saturated carbocycles. The van der Waals surface area contributed by atoms with Crippen LogP contribution < -0.4 is 5.32 Å². The summed E-state index contributed by atoms with van der Waals surface area (Å²) in [6.07, 6.45) is 0.577. The molecule has 0 saturated heterocycles. The third-order valence-corrected chi connectivity index (χ3v) is 3.94. The molecule has 1 aromatic carbocycles. The van der Waals surface area contributed by atoms with Gasteiger partial charge in [-0.3, -0.25) is 4.79 Å². The first-order valence-corrected chi connectivity index (χ1v) is 7.60. The van der Waals surface area contributed by atoms with Crippen LogP contribution in [0.25, 0.3) is 0 Å². The van der Waals surface area contributed by atoms with E-state index in [0.717, 1.165) is 0 Å². The standard InChI is InChI=1S/C15H15FN2O3S/c1-2-11(15(20)21)18-14(19)12-8-22-13(17-12)7-9-5-3-4-6-10(9)16/h3-6,8,11H,2,7H2,1H3,(H,18,19)(H,20,21). The maximum atomic E-state index is 13.6. The van der Waals surface area contributed by atoms with E-state index in [1.165, 1.54) is 17.4 Å². The van der Waals surface area contributed by atoms with Crippen LogP contribution in [0.2, 0.25) is 0 Å². The molecule has 0 radical (unpaired) electrons. The van der Waals surface area contributed by atoms with Gasteiger partial charge in [0.15, 0.2) is 0 Å². The average Bonchev–Trinajstić information content (AvgIpc) is 2.95. The van der Waals surface area contributed by atoms with Crippen molar-refractivity contribution in [1.82, 2.24) is 10.3 Å². The largest absolute Gasteiger partial charge is 0.480 e. The molecule has 2 rings (SSSR count). The normalized spacial score (nSPS) is 11.9. The number of carboxylic acids is 1. The Labute approximate surface area is 130 Å². The lowest BCUT2D eigenvalue weighted by Crippen LogP contribution is -2.40. The Morgan fingerprint density at radius 2 is 2.14 bits per heavy atom. The number of hydrogen-bond donors (Lipinski definition) is 2. The summed E-state index contributed by atoms with van der Waals surface area (Å²) >= 11 is 1.24. The number of aliphatic carboxylic acids is 1. The van der Waals surface area contributed by atoms with E-state index >= 15 is 0 Å². The number of nitrogens with one attached hydrogen (secondary N) is 1. The number of rotatable bonds is 6. The Morgan fingerprint density at radius 3 is 2.77 bits per heavy atom. The highest BCUT2D eigenvalue weighted by Crippen LogP contribution is 2.17. The van der Waals surface area contributed by atoms with E-state index in [0.29, 0.717) is 17.0 Å². The first kappa shape index (κ1) is 16.1. The van der Waals surface area contributed by atoms with Crippen LogP contribution in [0.3, 0.4) is 0 Å². The van der Waals surface area contributed by atoms with Gasteiger partial charge in [0.2, 0.25) is 0 Å². The fourth-order valence-corrected chi connectivity index (χ4v) is 2.67. The van der Waals surface area contributed by atoms with Crippen molar-refractivity contribution in [2.75, 3.05) is 0 Å². The highest BCUT2D eigenvalue weighted by molar-refractivity contribution is 7.09. The molecule has 1 aromatic heterocycles. The monoisotopic (exact) mass is 322 g/mol. The molecule has 0 aliphatic heterocycles. The number of hydrogen-bond acceptors (Lipinski definition) is 4. The molecule has 1 atom stereocenters. The molecule has 2 aromatic rings. The number of thiazole rings is 1. The fraction of sp³-hybridized carbons (Fsp3) is 0.267. The molecule has 0 aliphatic rings. The molecule has 116 valence electrons. The Morgan fingerprint density at radius 1 is 1.41 bits per heavy atom. The number of amides is 1. The van der Waals surface area contributed by atoms with Gasteiger partial charge in [-0.2, -0.15) is 0 Å². The Balaban J connectivity index is 2.06. The van der Waals surface area contributed by atoms with Gasteiger partial charge in [-0.1, -0.05) is 25.1 Å². The number of carbonyl (C=O) groups excluding carboxylic acids is 1. The van der Waals surface area contributed by atoms with Crippen LogP contribution in [-0.2, 0) is 11.2 Å². The summed E-state index contributed by atoms with van der Waals surface area (Å²) in [6.45, 7) is 1.67. The lowest BCUT2D eigenvalue weighted by Gasteiger charge is -2.10. The molecule has 0 fully saturated rings.